The predicted molar refractivity (Wildman–Crippen MR) is 52.4 cm³/mol. The molecular formula is C8H7BrF6N2O. The van der Waals surface area contributed by atoms with Gasteiger partial charge in [0.05, 0.1) is 5.56 Å². The van der Waals surface area contributed by atoms with Crippen molar-refractivity contribution < 1.29 is 31.1 Å². The molecule has 18 heavy (non-hydrogen) atoms. The average Bonchev–Trinajstić information content (AvgIpc) is 2.49. The Morgan fingerprint density at radius 2 is 1.78 bits per heavy atom. The maximum Gasteiger partial charge on any atom is 0.433 e. The molecule has 0 aliphatic carbocycles. The van der Waals surface area contributed by atoms with Crippen molar-refractivity contribution in [3.63, 3.8) is 0 Å². The van der Waals surface area contributed by atoms with Gasteiger partial charge in [-0.3, -0.25) is 4.68 Å². The number of alkyl halides is 7. The van der Waals surface area contributed by atoms with Crippen LogP contribution < -0.4 is 4.74 Å². The number of rotatable bonds is 3. The summed E-state index contributed by atoms with van der Waals surface area (Å²) in [7, 11) is 0.982. The van der Waals surface area contributed by atoms with Crippen molar-refractivity contribution in [2.45, 2.75) is 17.7 Å². The minimum atomic E-state index is -4.72. The molecule has 0 saturated carbocycles. The van der Waals surface area contributed by atoms with E-state index >= 15 is 0 Å². The molecule has 0 aromatic carbocycles. The molecule has 104 valence electrons. The van der Waals surface area contributed by atoms with E-state index in [9.17, 15) is 26.3 Å². The van der Waals surface area contributed by atoms with Crippen LogP contribution in [0.5, 0.6) is 5.88 Å². The molecular weight excluding hydrogens is 334 g/mol. The zero-order valence-corrected chi connectivity index (χ0v) is 10.4. The number of halogens is 7. The van der Waals surface area contributed by atoms with Gasteiger partial charge in [0.25, 0.3) is 0 Å². The molecule has 0 spiro atoms. The van der Waals surface area contributed by atoms with Crippen molar-refractivity contribution in [1.82, 2.24) is 9.78 Å². The topological polar surface area (TPSA) is 27.1 Å². The second kappa shape index (κ2) is 4.98. The third-order valence-corrected chi connectivity index (χ3v) is 2.44. The van der Waals surface area contributed by atoms with Gasteiger partial charge < -0.3 is 4.74 Å². The molecule has 0 atom stereocenters. The Hall–Kier alpha value is -0.930. The number of ether oxygens (including phenoxy) is 1. The van der Waals surface area contributed by atoms with Gasteiger partial charge in [-0.05, 0) is 0 Å². The molecule has 0 saturated heterocycles. The van der Waals surface area contributed by atoms with Gasteiger partial charge in [-0.15, -0.1) is 5.10 Å². The Morgan fingerprint density at radius 3 is 2.17 bits per heavy atom. The van der Waals surface area contributed by atoms with Gasteiger partial charge in [0.15, 0.2) is 6.61 Å². The smallest absolute Gasteiger partial charge is 0.433 e. The Morgan fingerprint density at radius 1 is 1.22 bits per heavy atom. The zero-order chi connectivity index (χ0) is 14.1. The second-order valence-electron chi connectivity index (χ2n) is 3.29. The maximum absolute atomic E-state index is 12.6. The van der Waals surface area contributed by atoms with Crippen LogP contribution in [-0.4, -0.2) is 22.6 Å². The van der Waals surface area contributed by atoms with E-state index in [0.29, 0.717) is 4.68 Å². The molecule has 0 amide bonds. The van der Waals surface area contributed by atoms with Gasteiger partial charge in [0, 0.05) is 12.4 Å². The van der Waals surface area contributed by atoms with Crippen molar-refractivity contribution in [2.24, 2.45) is 7.05 Å². The SMILES string of the molecule is Cn1nc(OCC(F)(F)F)c(CBr)c1C(F)(F)F. The van der Waals surface area contributed by atoms with Crippen molar-refractivity contribution in [3.05, 3.63) is 11.3 Å². The molecule has 0 bridgehead atoms. The number of aromatic nitrogens is 2. The van der Waals surface area contributed by atoms with Crippen LogP contribution in [0.1, 0.15) is 11.3 Å². The summed E-state index contributed by atoms with van der Waals surface area (Å²) < 4.78 is 78.4. The number of hydrogen-bond acceptors (Lipinski definition) is 2. The average molecular weight is 341 g/mol. The molecule has 0 aliphatic heterocycles. The van der Waals surface area contributed by atoms with Crippen molar-refractivity contribution in [2.75, 3.05) is 6.61 Å². The fraction of sp³-hybridized carbons (Fsp3) is 0.625. The van der Waals surface area contributed by atoms with Gasteiger partial charge >= 0.3 is 12.4 Å². The first-order valence-electron chi connectivity index (χ1n) is 4.45. The van der Waals surface area contributed by atoms with Crippen LogP contribution in [0.3, 0.4) is 0 Å². The molecule has 0 radical (unpaired) electrons. The summed E-state index contributed by atoms with van der Waals surface area (Å²) in [6, 6.07) is 0. The molecule has 0 unspecified atom stereocenters. The molecule has 10 heteroatoms. The molecule has 1 heterocycles. The third-order valence-electron chi connectivity index (χ3n) is 1.88. The maximum atomic E-state index is 12.6. The van der Waals surface area contributed by atoms with Gasteiger partial charge in [0.1, 0.15) is 5.69 Å². The fourth-order valence-corrected chi connectivity index (χ4v) is 1.79. The van der Waals surface area contributed by atoms with Crippen LogP contribution in [0.2, 0.25) is 0 Å². The predicted octanol–water partition coefficient (Wildman–Crippen LogP) is 3.27. The van der Waals surface area contributed by atoms with Crippen LogP contribution in [0.15, 0.2) is 0 Å². The first-order chi connectivity index (χ1) is 8.06. The van der Waals surface area contributed by atoms with E-state index in [-0.39, 0.29) is 5.33 Å². The van der Waals surface area contributed by atoms with Crippen LogP contribution in [0, 0.1) is 0 Å². The second-order valence-corrected chi connectivity index (χ2v) is 3.85. The van der Waals surface area contributed by atoms with E-state index in [1.165, 1.54) is 0 Å². The standard InChI is InChI=1S/C8H7BrF6N2O/c1-17-5(8(13,14)15)4(2-9)6(16-17)18-3-7(10,11)12/h2-3H2,1H3. The molecule has 0 fully saturated rings. The Labute approximate surface area is 106 Å². The molecule has 1 rings (SSSR count). The highest BCUT2D eigenvalue weighted by Gasteiger charge is 2.40. The lowest BCUT2D eigenvalue weighted by Crippen LogP contribution is -2.19. The van der Waals surface area contributed by atoms with Gasteiger partial charge in [0.2, 0.25) is 5.88 Å². The first-order valence-corrected chi connectivity index (χ1v) is 5.57. The highest BCUT2D eigenvalue weighted by Crippen LogP contribution is 2.37. The third kappa shape index (κ3) is 3.53. The number of aryl methyl sites for hydroxylation is 1. The molecule has 1 aromatic rings. The summed E-state index contributed by atoms with van der Waals surface area (Å²) in [6.07, 6.45) is -9.36. The summed E-state index contributed by atoms with van der Waals surface area (Å²) in [4.78, 5) is 0. The van der Waals surface area contributed by atoms with Crippen LogP contribution in [-0.2, 0) is 18.6 Å². The molecule has 1 aromatic heterocycles. The highest BCUT2D eigenvalue weighted by molar-refractivity contribution is 9.08. The van der Waals surface area contributed by atoms with E-state index in [1.807, 2.05) is 0 Å². The zero-order valence-electron chi connectivity index (χ0n) is 8.86. The quantitative estimate of drug-likeness (QED) is 0.623. The van der Waals surface area contributed by atoms with Gasteiger partial charge in [-0.2, -0.15) is 26.3 Å². The van der Waals surface area contributed by atoms with E-state index in [1.54, 1.807) is 0 Å². The normalized spacial score (nSPS) is 12.9. The minimum Gasteiger partial charge on any atom is -0.467 e. The minimum absolute atomic E-state index is 0.317. The van der Waals surface area contributed by atoms with E-state index < -0.39 is 36.1 Å². The summed E-state index contributed by atoms with van der Waals surface area (Å²) in [5.41, 5.74) is -1.61. The number of nitrogens with zero attached hydrogens (tertiary/aromatic N) is 2. The van der Waals surface area contributed by atoms with Crippen molar-refractivity contribution in [1.29, 1.82) is 0 Å². The highest BCUT2D eigenvalue weighted by atomic mass is 79.9. The summed E-state index contributed by atoms with van der Waals surface area (Å²) >= 11 is 2.77. The lowest BCUT2D eigenvalue weighted by atomic mass is 10.2. The summed E-state index contributed by atoms with van der Waals surface area (Å²) in [5.74, 6) is -0.681. The monoisotopic (exact) mass is 340 g/mol. The first kappa shape index (κ1) is 15.1. The Bertz CT molecular complexity index is 424. The lowest BCUT2D eigenvalue weighted by molar-refractivity contribution is -0.154. The van der Waals surface area contributed by atoms with Crippen molar-refractivity contribution >= 4 is 15.9 Å². The lowest BCUT2D eigenvalue weighted by Gasteiger charge is -2.09. The largest absolute Gasteiger partial charge is 0.467 e. The fourth-order valence-electron chi connectivity index (χ4n) is 1.28. The van der Waals surface area contributed by atoms with Gasteiger partial charge in [-0.1, -0.05) is 15.9 Å². The molecule has 3 nitrogen and oxygen atoms in total. The Kier molecular flexibility index (Phi) is 4.19. The summed E-state index contributed by atoms with van der Waals surface area (Å²) in [5, 5.41) is 2.98. The number of hydrogen-bond donors (Lipinski definition) is 0. The van der Waals surface area contributed by atoms with E-state index in [0.717, 1.165) is 7.05 Å². The van der Waals surface area contributed by atoms with E-state index in [2.05, 4.69) is 25.8 Å². The van der Waals surface area contributed by atoms with Crippen LogP contribution in [0.25, 0.3) is 0 Å². The molecule has 0 N–H and O–H groups in total. The summed E-state index contributed by atoms with van der Waals surface area (Å²) in [6.45, 7) is -1.69. The Balaban J connectivity index is 3.08. The molecule has 0 aliphatic rings. The van der Waals surface area contributed by atoms with Crippen LogP contribution >= 0.6 is 15.9 Å². The van der Waals surface area contributed by atoms with Gasteiger partial charge in [-0.25, -0.2) is 0 Å². The van der Waals surface area contributed by atoms with E-state index in [4.69, 9.17) is 0 Å². The van der Waals surface area contributed by atoms with Crippen LogP contribution in [0.4, 0.5) is 26.3 Å². The van der Waals surface area contributed by atoms with Crippen molar-refractivity contribution in [3.8, 4) is 5.88 Å².